The monoisotopic (exact) mass is 371 g/mol. The summed E-state index contributed by atoms with van der Waals surface area (Å²) in [4.78, 5) is 28.3. The van der Waals surface area contributed by atoms with E-state index in [1.165, 1.54) is 29.4 Å². The van der Waals surface area contributed by atoms with Crippen molar-refractivity contribution in [2.45, 2.75) is 6.54 Å². The fraction of sp³-hybridized carbons (Fsp3) is 0.118. The molecule has 0 saturated heterocycles. The maximum atomic E-state index is 12.6. The Balaban J connectivity index is 1.76. The smallest absolute Gasteiger partial charge is 0.269 e. The minimum atomic E-state index is -0.496. The minimum Gasteiger partial charge on any atom is -0.337 e. The highest BCUT2D eigenvalue weighted by molar-refractivity contribution is 6.31. The van der Waals surface area contributed by atoms with Gasteiger partial charge in [-0.25, -0.2) is 9.67 Å². The Morgan fingerprint density at radius 1 is 1.27 bits per heavy atom. The zero-order valence-electron chi connectivity index (χ0n) is 13.7. The average molecular weight is 372 g/mol. The maximum Gasteiger partial charge on any atom is 0.269 e. The van der Waals surface area contributed by atoms with Crippen molar-refractivity contribution >= 4 is 23.2 Å². The molecule has 0 spiro atoms. The first-order valence-corrected chi connectivity index (χ1v) is 7.97. The van der Waals surface area contributed by atoms with Crippen molar-refractivity contribution in [1.29, 1.82) is 0 Å². The van der Waals surface area contributed by atoms with Crippen LogP contribution in [-0.4, -0.2) is 37.5 Å². The molecule has 3 aromatic rings. The molecule has 26 heavy (non-hydrogen) atoms. The van der Waals surface area contributed by atoms with Crippen LogP contribution in [-0.2, 0) is 6.54 Å². The van der Waals surface area contributed by atoms with E-state index in [0.29, 0.717) is 16.1 Å². The number of non-ortho nitro benzene ring substituents is 1. The number of benzene rings is 2. The first-order chi connectivity index (χ1) is 12.5. The van der Waals surface area contributed by atoms with E-state index in [4.69, 9.17) is 11.6 Å². The Bertz CT molecular complexity index is 942. The van der Waals surface area contributed by atoms with E-state index < -0.39 is 4.92 Å². The van der Waals surface area contributed by atoms with Crippen molar-refractivity contribution in [2.24, 2.45) is 0 Å². The first-order valence-electron chi connectivity index (χ1n) is 7.59. The lowest BCUT2D eigenvalue weighted by Gasteiger charge is -2.18. The van der Waals surface area contributed by atoms with Crippen molar-refractivity contribution in [3.63, 3.8) is 0 Å². The molecule has 1 heterocycles. The standard InChI is InChI=1S/C17H14ClN5O3/c1-21(9-13-8-15(23(25)26)6-7-16(13)18)17(24)12-2-4-14(5-3-12)22-11-19-10-20-22/h2-8,10-11H,9H2,1H3. The fourth-order valence-corrected chi connectivity index (χ4v) is 2.62. The lowest BCUT2D eigenvalue weighted by molar-refractivity contribution is -0.384. The van der Waals surface area contributed by atoms with Crippen molar-refractivity contribution < 1.29 is 9.72 Å². The van der Waals surface area contributed by atoms with Crippen LogP contribution in [0.4, 0.5) is 5.69 Å². The molecule has 1 amide bonds. The second kappa shape index (κ2) is 7.32. The molecule has 0 fully saturated rings. The number of hydrogen-bond donors (Lipinski definition) is 0. The Hall–Kier alpha value is -3.26. The summed E-state index contributed by atoms with van der Waals surface area (Å²) in [6.07, 6.45) is 2.99. The van der Waals surface area contributed by atoms with Gasteiger partial charge in [-0.2, -0.15) is 5.10 Å². The van der Waals surface area contributed by atoms with Crippen molar-refractivity contribution in [3.8, 4) is 5.69 Å². The third kappa shape index (κ3) is 3.70. The van der Waals surface area contributed by atoms with E-state index in [1.54, 1.807) is 42.3 Å². The average Bonchev–Trinajstić information content (AvgIpc) is 3.17. The van der Waals surface area contributed by atoms with E-state index >= 15 is 0 Å². The molecule has 8 nitrogen and oxygen atoms in total. The molecule has 0 atom stereocenters. The molecular weight excluding hydrogens is 358 g/mol. The number of halogens is 1. The van der Waals surface area contributed by atoms with Gasteiger partial charge in [-0.1, -0.05) is 11.6 Å². The molecule has 0 radical (unpaired) electrons. The summed E-state index contributed by atoms with van der Waals surface area (Å²) < 4.78 is 1.58. The summed E-state index contributed by atoms with van der Waals surface area (Å²) in [5.41, 5.74) is 1.71. The molecule has 1 aromatic heterocycles. The van der Waals surface area contributed by atoms with Gasteiger partial charge in [0.1, 0.15) is 12.7 Å². The lowest BCUT2D eigenvalue weighted by Crippen LogP contribution is -2.26. The van der Waals surface area contributed by atoms with Crippen molar-refractivity contribution in [1.82, 2.24) is 19.7 Å². The fourth-order valence-electron chi connectivity index (χ4n) is 2.44. The SMILES string of the molecule is CN(Cc1cc([N+](=O)[O-])ccc1Cl)C(=O)c1ccc(-n2cncn2)cc1. The number of nitrogens with zero attached hydrogens (tertiary/aromatic N) is 5. The number of nitro benzene ring substituents is 1. The molecular formula is C17H14ClN5O3. The minimum absolute atomic E-state index is 0.0672. The summed E-state index contributed by atoms with van der Waals surface area (Å²) in [5, 5.41) is 15.3. The summed E-state index contributed by atoms with van der Waals surface area (Å²) in [6, 6.07) is 11.1. The van der Waals surface area contributed by atoms with Gasteiger partial charge in [0.05, 0.1) is 10.6 Å². The summed E-state index contributed by atoms with van der Waals surface area (Å²) in [7, 11) is 1.61. The normalized spacial score (nSPS) is 10.5. The molecule has 3 rings (SSSR count). The van der Waals surface area contributed by atoms with Gasteiger partial charge in [-0.05, 0) is 35.9 Å². The van der Waals surface area contributed by atoms with E-state index in [0.717, 1.165) is 5.69 Å². The van der Waals surface area contributed by atoms with Crippen LogP contribution in [0.2, 0.25) is 5.02 Å². The molecule has 9 heteroatoms. The van der Waals surface area contributed by atoms with E-state index in [-0.39, 0.29) is 18.1 Å². The van der Waals surface area contributed by atoms with Gasteiger partial charge >= 0.3 is 0 Å². The maximum absolute atomic E-state index is 12.6. The van der Waals surface area contributed by atoms with Crippen LogP contribution in [0.25, 0.3) is 5.69 Å². The van der Waals surface area contributed by atoms with Crippen LogP contribution < -0.4 is 0 Å². The summed E-state index contributed by atoms with van der Waals surface area (Å²) in [5.74, 6) is -0.224. The second-order valence-corrected chi connectivity index (χ2v) is 5.99. The lowest BCUT2D eigenvalue weighted by atomic mass is 10.1. The zero-order valence-corrected chi connectivity index (χ0v) is 14.5. The van der Waals surface area contributed by atoms with Gasteiger partial charge in [0, 0.05) is 36.3 Å². The van der Waals surface area contributed by atoms with Gasteiger partial charge in [-0.15, -0.1) is 0 Å². The first kappa shape index (κ1) is 17.6. The topological polar surface area (TPSA) is 94.2 Å². The molecule has 0 saturated carbocycles. The van der Waals surface area contributed by atoms with Gasteiger partial charge in [-0.3, -0.25) is 14.9 Å². The number of carbonyl (C=O) groups is 1. The molecule has 0 unspecified atom stereocenters. The van der Waals surface area contributed by atoms with Crippen LogP contribution in [0.5, 0.6) is 0 Å². The van der Waals surface area contributed by atoms with Crippen molar-refractivity contribution in [3.05, 3.63) is 81.4 Å². The molecule has 0 aliphatic rings. The summed E-state index contributed by atoms with van der Waals surface area (Å²) >= 11 is 6.10. The molecule has 0 aliphatic heterocycles. The number of hydrogen-bond acceptors (Lipinski definition) is 5. The quantitative estimate of drug-likeness (QED) is 0.507. The highest BCUT2D eigenvalue weighted by atomic mass is 35.5. The van der Waals surface area contributed by atoms with Crippen LogP contribution >= 0.6 is 11.6 Å². The molecule has 132 valence electrons. The molecule has 2 aromatic carbocycles. The number of rotatable bonds is 5. The van der Waals surface area contributed by atoms with Gasteiger partial charge in [0.15, 0.2) is 0 Å². The third-order valence-corrected chi connectivity index (χ3v) is 4.16. The van der Waals surface area contributed by atoms with E-state index in [2.05, 4.69) is 10.1 Å². The Labute approximate surface area is 153 Å². The molecule has 0 bridgehead atoms. The Morgan fingerprint density at radius 3 is 2.62 bits per heavy atom. The Kier molecular flexibility index (Phi) is 4.94. The summed E-state index contributed by atoms with van der Waals surface area (Å²) in [6.45, 7) is 0.157. The number of aromatic nitrogens is 3. The second-order valence-electron chi connectivity index (χ2n) is 5.58. The van der Waals surface area contributed by atoms with Crippen LogP contribution in [0, 0.1) is 10.1 Å². The van der Waals surface area contributed by atoms with E-state index in [9.17, 15) is 14.9 Å². The van der Waals surface area contributed by atoms with Crippen LogP contribution in [0.1, 0.15) is 15.9 Å². The van der Waals surface area contributed by atoms with E-state index in [1.807, 2.05) is 0 Å². The van der Waals surface area contributed by atoms with Gasteiger partial charge in [0.25, 0.3) is 11.6 Å². The largest absolute Gasteiger partial charge is 0.337 e. The number of nitro groups is 1. The van der Waals surface area contributed by atoms with Crippen LogP contribution in [0.15, 0.2) is 55.1 Å². The predicted octanol–water partition coefficient (Wildman–Crippen LogP) is 3.10. The predicted molar refractivity (Wildman–Crippen MR) is 95.3 cm³/mol. The highest BCUT2D eigenvalue weighted by Crippen LogP contribution is 2.23. The molecule has 0 N–H and O–H groups in total. The highest BCUT2D eigenvalue weighted by Gasteiger charge is 2.16. The van der Waals surface area contributed by atoms with Crippen LogP contribution in [0.3, 0.4) is 0 Å². The zero-order chi connectivity index (χ0) is 18.7. The number of carbonyl (C=O) groups excluding carboxylic acids is 1. The van der Waals surface area contributed by atoms with Crippen molar-refractivity contribution in [2.75, 3.05) is 7.05 Å². The van der Waals surface area contributed by atoms with Gasteiger partial charge < -0.3 is 4.90 Å². The van der Waals surface area contributed by atoms with Gasteiger partial charge in [0.2, 0.25) is 0 Å². The molecule has 0 aliphatic carbocycles. The Morgan fingerprint density at radius 2 is 2.00 bits per heavy atom. The third-order valence-electron chi connectivity index (χ3n) is 3.79. The number of amides is 1.